The first-order valence-electron chi connectivity index (χ1n) is 6.01. The summed E-state index contributed by atoms with van der Waals surface area (Å²) in [4.78, 5) is 12.9. The molecule has 0 aromatic heterocycles. The summed E-state index contributed by atoms with van der Waals surface area (Å²) in [5.41, 5.74) is 0. The topological polar surface area (TPSA) is 40.5 Å². The molecular weight excluding hydrogens is 190 g/mol. The second kappa shape index (κ2) is 6.11. The maximum atomic E-state index is 10.7. The number of aliphatic carboxylic acids is 1. The lowest BCUT2D eigenvalue weighted by Crippen LogP contribution is -2.33. The number of rotatable bonds is 5. The predicted molar refractivity (Wildman–Crippen MR) is 60.9 cm³/mol. The third kappa shape index (κ3) is 4.65. The molecule has 3 nitrogen and oxygen atoms in total. The summed E-state index contributed by atoms with van der Waals surface area (Å²) in [6.45, 7) is 3.52. The van der Waals surface area contributed by atoms with Gasteiger partial charge in [-0.1, -0.05) is 26.2 Å². The van der Waals surface area contributed by atoms with E-state index in [1.165, 1.54) is 32.1 Å². The highest BCUT2D eigenvalue weighted by Gasteiger charge is 2.18. The van der Waals surface area contributed by atoms with Crippen LogP contribution in [0.3, 0.4) is 0 Å². The standard InChI is InChI=1S/C12H23NO2/c1-10(12(14)15)8-13(2)9-11-6-4-3-5-7-11/h10-11H,3-9H2,1-2H3,(H,14,15). The lowest BCUT2D eigenvalue weighted by atomic mass is 9.89. The zero-order valence-corrected chi connectivity index (χ0v) is 9.91. The van der Waals surface area contributed by atoms with Crippen molar-refractivity contribution in [2.75, 3.05) is 20.1 Å². The molecule has 0 aromatic rings. The molecule has 1 unspecified atom stereocenters. The number of hydrogen-bond acceptors (Lipinski definition) is 2. The van der Waals surface area contributed by atoms with Gasteiger partial charge in [0, 0.05) is 13.1 Å². The first-order chi connectivity index (χ1) is 7.09. The zero-order chi connectivity index (χ0) is 11.3. The lowest BCUT2D eigenvalue weighted by molar-refractivity contribution is -0.141. The monoisotopic (exact) mass is 213 g/mol. The second-order valence-corrected chi connectivity index (χ2v) is 4.96. The molecule has 88 valence electrons. The zero-order valence-electron chi connectivity index (χ0n) is 9.91. The quantitative estimate of drug-likeness (QED) is 0.761. The van der Waals surface area contributed by atoms with Crippen molar-refractivity contribution in [1.82, 2.24) is 4.90 Å². The molecule has 1 rings (SSSR count). The number of carboxylic acid groups (broad SMARTS) is 1. The van der Waals surface area contributed by atoms with Gasteiger partial charge in [0.2, 0.25) is 0 Å². The fraction of sp³-hybridized carbons (Fsp3) is 0.917. The van der Waals surface area contributed by atoms with Crippen molar-refractivity contribution in [3.8, 4) is 0 Å². The Bertz CT molecular complexity index is 200. The van der Waals surface area contributed by atoms with E-state index in [1.807, 2.05) is 7.05 Å². The minimum absolute atomic E-state index is 0.251. The Morgan fingerprint density at radius 1 is 1.40 bits per heavy atom. The van der Waals surface area contributed by atoms with Crippen molar-refractivity contribution in [1.29, 1.82) is 0 Å². The summed E-state index contributed by atoms with van der Waals surface area (Å²) in [6.07, 6.45) is 6.74. The number of carboxylic acids is 1. The molecule has 0 spiro atoms. The number of hydrogen-bond donors (Lipinski definition) is 1. The minimum Gasteiger partial charge on any atom is -0.481 e. The Morgan fingerprint density at radius 3 is 2.53 bits per heavy atom. The summed E-state index contributed by atoms with van der Waals surface area (Å²) < 4.78 is 0. The van der Waals surface area contributed by atoms with E-state index in [4.69, 9.17) is 5.11 Å². The van der Waals surface area contributed by atoms with Crippen molar-refractivity contribution < 1.29 is 9.90 Å². The maximum absolute atomic E-state index is 10.7. The normalized spacial score (nSPS) is 20.5. The van der Waals surface area contributed by atoms with E-state index < -0.39 is 5.97 Å². The first kappa shape index (κ1) is 12.5. The van der Waals surface area contributed by atoms with E-state index in [0.29, 0.717) is 6.54 Å². The SMILES string of the molecule is CC(CN(C)CC1CCCCC1)C(=O)O. The van der Waals surface area contributed by atoms with E-state index in [-0.39, 0.29) is 5.92 Å². The van der Waals surface area contributed by atoms with E-state index >= 15 is 0 Å². The maximum Gasteiger partial charge on any atom is 0.307 e. The lowest BCUT2D eigenvalue weighted by Gasteiger charge is -2.27. The van der Waals surface area contributed by atoms with Crippen LogP contribution in [0.1, 0.15) is 39.0 Å². The van der Waals surface area contributed by atoms with Crippen LogP contribution in [0, 0.1) is 11.8 Å². The Kier molecular flexibility index (Phi) is 5.09. The molecule has 0 aliphatic heterocycles. The molecule has 0 bridgehead atoms. The van der Waals surface area contributed by atoms with Crippen LogP contribution >= 0.6 is 0 Å². The Labute approximate surface area is 92.5 Å². The molecule has 1 atom stereocenters. The fourth-order valence-corrected chi connectivity index (χ4v) is 2.43. The van der Waals surface area contributed by atoms with Crippen molar-refractivity contribution >= 4 is 5.97 Å². The van der Waals surface area contributed by atoms with Crippen LogP contribution < -0.4 is 0 Å². The van der Waals surface area contributed by atoms with E-state index in [9.17, 15) is 4.79 Å². The summed E-state index contributed by atoms with van der Waals surface area (Å²) in [7, 11) is 2.04. The molecular formula is C12H23NO2. The first-order valence-corrected chi connectivity index (χ1v) is 6.01. The van der Waals surface area contributed by atoms with Gasteiger partial charge >= 0.3 is 5.97 Å². The van der Waals surface area contributed by atoms with Gasteiger partial charge in [0.15, 0.2) is 0 Å². The summed E-state index contributed by atoms with van der Waals surface area (Å²) in [6, 6.07) is 0. The Balaban J connectivity index is 2.22. The highest BCUT2D eigenvalue weighted by atomic mass is 16.4. The molecule has 0 radical (unpaired) electrons. The highest BCUT2D eigenvalue weighted by molar-refractivity contribution is 5.69. The fourth-order valence-electron chi connectivity index (χ4n) is 2.43. The van der Waals surface area contributed by atoms with Crippen LogP contribution in [0.15, 0.2) is 0 Å². The third-order valence-corrected chi connectivity index (χ3v) is 3.30. The van der Waals surface area contributed by atoms with Gasteiger partial charge in [0.05, 0.1) is 5.92 Å². The molecule has 0 heterocycles. The van der Waals surface area contributed by atoms with Gasteiger partial charge < -0.3 is 10.0 Å². The average molecular weight is 213 g/mol. The van der Waals surface area contributed by atoms with Crippen molar-refractivity contribution in [3.63, 3.8) is 0 Å². The molecule has 15 heavy (non-hydrogen) atoms. The Morgan fingerprint density at radius 2 is 2.00 bits per heavy atom. The van der Waals surface area contributed by atoms with Crippen LogP contribution in [-0.4, -0.2) is 36.1 Å². The van der Waals surface area contributed by atoms with E-state index in [2.05, 4.69) is 4.90 Å². The predicted octanol–water partition coefficient (Wildman–Crippen LogP) is 2.22. The largest absolute Gasteiger partial charge is 0.481 e. The molecule has 0 aromatic carbocycles. The van der Waals surface area contributed by atoms with Crippen molar-refractivity contribution in [3.05, 3.63) is 0 Å². The molecule has 0 saturated heterocycles. The van der Waals surface area contributed by atoms with Crippen molar-refractivity contribution in [2.45, 2.75) is 39.0 Å². The molecule has 1 aliphatic carbocycles. The molecule has 3 heteroatoms. The van der Waals surface area contributed by atoms with E-state index in [0.717, 1.165) is 12.5 Å². The van der Waals surface area contributed by atoms with Crippen LogP contribution in [0.4, 0.5) is 0 Å². The molecule has 0 amide bonds. The van der Waals surface area contributed by atoms with E-state index in [1.54, 1.807) is 6.92 Å². The highest BCUT2D eigenvalue weighted by Crippen LogP contribution is 2.24. The average Bonchev–Trinajstić information content (AvgIpc) is 2.18. The summed E-state index contributed by atoms with van der Waals surface area (Å²) in [5, 5.41) is 8.81. The molecule has 1 saturated carbocycles. The van der Waals surface area contributed by atoms with Gasteiger partial charge in [-0.2, -0.15) is 0 Å². The van der Waals surface area contributed by atoms with Crippen LogP contribution in [0.25, 0.3) is 0 Å². The minimum atomic E-state index is -0.689. The van der Waals surface area contributed by atoms with Gasteiger partial charge in [0.1, 0.15) is 0 Å². The van der Waals surface area contributed by atoms with Gasteiger partial charge in [-0.3, -0.25) is 4.79 Å². The Hall–Kier alpha value is -0.570. The second-order valence-electron chi connectivity index (χ2n) is 4.96. The van der Waals surface area contributed by atoms with Gasteiger partial charge in [-0.15, -0.1) is 0 Å². The molecule has 1 fully saturated rings. The van der Waals surface area contributed by atoms with Gasteiger partial charge in [-0.05, 0) is 25.8 Å². The summed E-state index contributed by atoms with van der Waals surface area (Å²) >= 11 is 0. The molecule has 1 N–H and O–H groups in total. The molecule has 1 aliphatic rings. The third-order valence-electron chi connectivity index (χ3n) is 3.30. The van der Waals surface area contributed by atoms with Gasteiger partial charge in [0.25, 0.3) is 0 Å². The number of carbonyl (C=O) groups is 1. The van der Waals surface area contributed by atoms with Crippen LogP contribution in [0.2, 0.25) is 0 Å². The summed E-state index contributed by atoms with van der Waals surface area (Å²) in [5.74, 6) is -0.145. The smallest absolute Gasteiger partial charge is 0.307 e. The van der Waals surface area contributed by atoms with Crippen LogP contribution in [-0.2, 0) is 4.79 Å². The van der Waals surface area contributed by atoms with Crippen molar-refractivity contribution in [2.24, 2.45) is 11.8 Å². The number of nitrogens with zero attached hydrogens (tertiary/aromatic N) is 1. The van der Waals surface area contributed by atoms with Crippen LogP contribution in [0.5, 0.6) is 0 Å². The van der Waals surface area contributed by atoms with Gasteiger partial charge in [-0.25, -0.2) is 0 Å².